The third-order valence-electron chi connectivity index (χ3n) is 12.2. The molecule has 0 atom stereocenters. The number of pyridine rings is 1. The molecule has 13 heteroatoms. The number of ether oxygens (including phenoxy) is 4. The van der Waals surface area contributed by atoms with Gasteiger partial charge in [0, 0.05) is 12.1 Å². The van der Waals surface area contributed by atoms with Gasteiger partial charge in [-0.05, 0) is 96.8 Å². The van der Waals surface area contributed by atoms with Gasteiger partial charge in [-0.15, -0.1) is 0 Å². The Hall–Kier alpha value is -7.15. The molecule has 0 aliphatic rings. The second-order valence-corrected chi connectivity index (χ2v) is 18.0. The van der Waals surface area contributed by atoms with Crippen molar-refractivity contribution in [2.45, 2.75) is 142 Å². The van der Waals surface area contributed by atoms with Crippen LogP contribution in [-0.4, -0.2) is 40.0 Å². The average Bonchev–Trinajstić information content (AvgIpc) is 3.39. The highest BCUT2D eigenvalue weighted by molar-refractivity contribution is 5.93. The van der Waals surface area contributed by atoms with E-state index >= 15 is 0 Å². The molecule has 4 aromatic carbocycles. The van der Waals surface area contributed by atoms with Crippen molar-refractivity contribution in [1.29, 1.82) is 0 Å². The van der Waals surface area contributed by atoms with Gasteiger partial charge >= 0.3 is 23.3 Å². The van der Waals surface area contributed by atoms with E-state index in [1.165, 1.54) is 126 Å². The van der Waals surface area contributed by atoms with E-state index in [1.54, 1.807) is 48.5 Å². The average molecular weight is 982 g/mol. The van der Waals surface area contributed by atoms with E-state index in [0.29, 0.717) is 24.6 Å². The summed E-state index contributed by atoms with van der Waals surface area (Å²) < 4.78 is 22.6. The molecule has 72 heavy (non-hydrogen) atoms. The van der Waals surface area contributed by atoms with Crippen LogP contribution in [0.2, 0.25) is 0 Å². The van der Waals surface area contributed by atoms with Crippen molar-refractivity contribution >= 4 is 47.6 Å². The highest BCUT2D eigenvalue weighted by Gasteiger charge is 2.22. The van der Waals surface area contributed by atoms with Crippen molar-refractivity contribution in [3.63, 3.8) is 0 Å². The van der Waals surface area contributed by atoms with E-state index in [1.807, 2.05) is 42.5 Å². The van der Waals surface area contributed by atoms with Crippen LogP contribution in [0.4, 0.5) is 11.4 Å². The Labute approximate surface area is 425 Å². The minimum absolute atomic E-state index is 0.0456. The van der Waals surface area contributed by atoms with E-state index in [4.69, 9.17) is 23.9 Å². The fraction of sp³-hybridized carbons (Fsp3) is 0.407. The van der Waals surface area contributed by atoms with Crippen LogP contribution in [-0.2, 0) is 0 Å². The van der Waals surface area contributed by atoms with Crippen LogP contribution in [0, 0.1) is 20.2 Å². The molecule has 0 unspecified atom stereocenters. The van der Waals surface area contributed by atoms with E-state index in [-0.39, 0.29) is 45.5 Å². The standard InChI is InChI=1S/C59H71N3O10/c1-3-5-7-9-11-13-15-17-19-21-42-69-56-40-32-48(44-54(56)61(65)66)58(63)71-52-36-28-46(29-37-52)26-34-50-24-23-25-51(60-50)35-27-47-30-38-53(39-31-47)72-59(64)49-33-41-57(55(45-49)62(67)68)70-43-22-20-18-16-14-12-10-8-6-4-2/h23-41,44-45H,3-22,42-43H2,1-2H3/b34-26+,35-27+. The minimum atomic E-state index is -0.719. The van der Waals surface area contributed by atoms with Crippen molar-refractivity contribution in [2.75, 3.05) is 13.2 Å². The Bertz CT molecular complexity index is 2350. The van der Waals surface area contributed by atoms with Crippen LogP contribution >= 0.6 is 0 Å². The predicted octanol–water partition coefficient (Wildman–Crippen LogP) is 16.3. The van der Waals surface area contributed by atoms with Crippen molar-refractivity contribution < 1.29 is 38.4 Å². The molecule has 0 bridgehead atoms. The van der Waals surface area contributed by atoms with Gasteiger partial charge in [0.25, 0.3) is 0 Å². The summed E-state index contributed by atoms with van der Waals surface area (Å²) in [4.78, 5) is 53.3. The maximum atomic E-state index is 13.0. The molecule has 0 amide bonds. The van der Waals surface area contributed by atoms with Gasteiger partial charge < -0.3 is 18.9 Å². The van der Waals surface area contributed by atoms with Crippen LogP contribution < -0.4 is 18.9 Å². The lowest BCUT2D eigenvalue weighted by molar-refractivity contribution is -0.386. The van der Waals surface area contributed by atoms with Gasteiger partial charge in [-0.3, -0.25) is 20.2 Å². The molecule has 0 radical (unpaired) electrons. The Morgan fingerprint density at radius 1 is 0.458 bits per heavy atom. The maximum absolute atomic E-state index is 13.0. The Morgan fingerprint density at radius 3 is 1.15 bits per heavy atom. The third-order valence-corrected chi connectivity index (χ3v) is 12.2. The number of nitro benzene ring substituents is 2. The van der Waals surface area contributed by atoms with Gasteiger partial charge in [0.05, 0.1) is 45.6 Å². The number of unbranched alkanes of at least 4 members (excludes halogenated alkanes) is 18. The SMILES string of the molecule is CCCCCCCCCCCCOc1ccc(C(=O)Oc2ccc(/C=C/c3cccc(/C=C/c4ccc(OC(=O)c5ccc(OCCCCCCCCCCCC)c([N+](=O)[O-])c5)cc4)n3)cc2)cc1[N+](=O)[O-]. The molecule has 1 heterocycles. The van der Waals surface area contributed by atoms with Gasteiger partial charge in [-0.25, -0.2) is 14.6 Å². The molecule has 0 saturated heterocycles. The topological polar surface area (TPSA) is 170 Å². The fourth-order valence-corrected chi connectivity index (χ4v) is 8.01. The van der Waals surface area contributed by atoms with Gasteiger partial charge in [-0.1, -0.05) is 172 Å². The zero-order chi connectivity index (χ0) is 51.2. The molecule has 0 N–H and O–H groups in total. The second kappa shape index (κ2) is 31.9. The van der Waals surface area contributed by atoms with Gasteiger partial charge in [0.15, 0.2) is 11.5 Å². The summed E-state index contributed by atoms with van der Waals surface area (Å²) in [5.74, 6) is -0.607. The molecular formula is C59H71N3O10. The number of nitrogens with zero attached hydrogens (tertiary/aromatic N) is 3. The molecule has 5 rings (SSSR count). The molecule has 0 saturated carbocycles. The molecule has 0 fully saturated rings. The fourth-order valence-electron chi connectivity index (χ4n) is 8.01. The number of carbonyl (C=O) groups excluding carboxylic acids is 2. The minimum Gasteiger partial charge on any atom is -0.487 e. The molecule has 0 aliphatic carbocycles. The third kappa shape index (κ3) is 20.3. The second-order valence-electron chi connectivity index (χ2n) is 18.0. The Kier molecular flexibility index (Phi) is 24.7. The van der Waals surface area contributed by atoms with Crippen LogP contribution in [0.15, 0.2) is 103 Å². The van der Waals surface area contributed by atoms with Gasteiger partial charge in [-0.2, -0.15) is 0 Å². The first-order chi connectivity index (χ1) is 35.1. The number of aromatic nitrogens is 1. The summed E-state index contributed by atoms with van der Waals surface area (Å²) >= 11 is 0. The van der Waals surface area contributed by atoms with E-state index in [0.717, 1.165) is 49.7 Å². The smallest absolute Gasteiger partial charge is 0.343 e. The monoisotopic (exact) mass is 982 g/mol. The number of rotatable bonds is 34. The maximum Gasteiger partial charge on any atom is 0.343 e. The summed E-state index contributed by atoms with van der Waals surface area (Å²) in [5.41, 5.74) is 2.61. The summed E-state index contributed by atoms with van der Waals surface area (Å²) in [6, 6.07) is 27.6. The lowest BCUT2D eigenvalue weighted by Gasteiger charge is -2.09. The first-order valence-electron chi connectivity index (χ1n) is 25.9. The number of esters is 2. The van der Waals surface area contributed by atoms with Crippen LogP contribution in [0.25, 0.3) is 24.3 Å². The van der Waals surface area contributed by atoms with Gasteiger partial charge in [0.1, 0.15) is 11.5 Å². The zero-order valence-electron chi connectivity index (χ0n) is 42.1. The summed E-state index contributed by atoms with van der Waals surface area (Å²) in [5, 5.41) is 23.7. The van der Waals surface area contributed by atoms with E-state index in [9.17, 15) is 29.8 Å². The van der Waals surface area contributed by atoms with Crippen LogP contribution in [0.1, 0.15) is 185 Å². The van der Waals surface area contributed by atoms with Crippen molar-refractivity contribution in [1.82, 2.24) is 4.98 Å². The molecule has 0 spiro atoms. The molecule has 5 aromatic rings. The predicted molar refractivity (Wildman–Crippen MR) is 286 cm³/mol. The first kappa shape index (κ1) is 55.8. The number of hydrogen-bond acceptors (Lipinski definition) is 11. The molecule has 382 valence electrons. The van der Waals surface area contributed by atoms with Crippen LogP contribution in [0.5, 0.6) is 23.0 Å². The number of benzene rings is 4. The largest absolute Gasteiger partial charge is 0.487 e. The Balaban J connectivity index is 1.04. The number of hydrogen-bond donors (Lipinski definition) is 0. The first-order valence-corrected chi connectivity index (χ1v) is 25.9. The summed E-state index contributed by atoms with van der Waals surface area (Å²) in [6.45, 7) is 5.18. The van der Waals surface area contributed by atoms with Gasteiger partial charge in [0.2, 0.25) is 0 Å². The number of carbonyl (C=O) groups is 2. The van der Waals surface area contributed by atoms with Crippen LogP contribution in [0.3, 0.4) is 0 Å². The Morgan fingerprint density at radius 2 is 0.806 bits per heavy atom. The molecule has 0 aliphatic heterocycles. The summed E-state index contributed by atoms with van der Waals surface area (Å²) in [6.07, 6.45) is 31.0. The lowest BCUT2D eigenvalue weighted by atomic mass is 10.1. The van der Waals surface area contributed by atoms with Crippen molar-refractivity contribution in [2.24, 2.45) is 0 Å². The lowest BCUT2D eigenvalue weighted by Crippen LogP contribution is -2.09. The van der Waals surface area contributed by atoms with Crippen molar-refractivity contribution in [3.8, 4) is 23.0 Å². The summed E-state index contributed by atoms with van der Waals surface area (Å²) in [7, 11) is 0. The normalized spacial score (nSPS) is 11.2. The highest BCUT2D eigenvalue weighted by atomic mass is 16.6. The molecule has 1 aromatic heterocycles. The number of nitro groups is 2. The van der Waals surface area contributed by atoms with Crippen molar-refractivity contribution in [3.05, 3.63) is 157 Å². The van der Waals surface area contributed by atoms with E-state index in [2.05, 4.69) is 13.8 Å². The zero-order valence-corrected chi connectivity index (χ0v) is 42.1. The van der Waals surface area contributed by atoms with E-state index < -0.39 is 21.8 Å². The quantitative estimate of drug-likeness (QED) is 0.0126. The highest BCUT2D eigenvalue weighted by Crippen LogP contribution is 2.31. The molecule has 13 nitrogen and oxygen atoms in total. The molecular weight excluding hydrogens is 911 g/mol.